The molecule has 0 fully saturated rings. The van der Waals surface area contributed by atoms with Crippen LogP contribution in [-0.2, 0) is 0 Å². The number of rotatable bonds is 7. The lowest BCUT2D eigenvalue weighted by atomic mass is 10.1. The van der Waals surface area contributed by atoms with Crippen molar-refractivity contribution in [2.75, 3.05) is 21.7 Å². The summed E-state index contributed by atoms with van der Waals surface area (Å²) in [6.45, 7) is 3.84. The summed E-state index contributed by atoms with van der Waals surface area (Å²) in [5, 5.41) is 14.9. The molecule has 4 rings (SSSR count). The number of para-hydroxylation sites is 2. The molecule has 7 nitrogen and oxygen atoms in total. The summed E-state index contributed by atoms with van der Waals surface area (Å²) in [6, 6.07) is 26.8. The highest BCUT2D eigenvalue weighted by Crippen LogP contribution is 2.38. The number of hydrogen-bond acceptors (Lipinski definition) is 6. The molecule has 0 aliphatic heterocycles. The fraction of sp³-hybridized carbons (Fsp3) is 0.0741. The summed E-state index contributed by atoms with van der Waals surface area (Å²) in [7, 11) is 0. The molecule has 1 heterocycles. The third-order valence-electron chi connectivity index (χ3n) is 5.21. The average Bonchev–Trinajstić information content (AvgIpc) is 3.21. The third-order valence-corrected chi connectivity index (χ3v) is 6.52. The van der Waals surface area contributed by atoms with Gasteiger partial charge in [0.2, 0.25) is 0 Å². The first kappa shape index (κ1) is 24.9. The topological polar surface area (TPSA) is 104 Å². The number of benzene rings is 3. The van der Waals surface area contributed by atoms with E-state index in [-0.39, 0.29) is 5.91 Å². The van der Waals surface area contributed by atoms with Crippen LogP contribution >= 0.6 is 23.6 Å². The molecule has 9 heteroatoms. The lowest BCUT2D eigenvalue weighted by Gasteiger charge is -2.10. The highest BCUT2D eigenvalue weighted by molar-refractivity contribution is 7.80. The van der Waals surface area contributed by atoms with Crippen molar-refractivity contribution in [1.29, 1.82) is 0 Å². The lowest BCUT2D eigenvalue weighted by Crippen LogP contribution is -2.25. The van der Waals surface area contributed by atoms with Crippen molar-refractivity contribution >= 4 is 68.0 Å². The molecule has 3 aromatic carbocycles. The van der Waals surface area contributed by atoms with Crippen LogP contribution in [0.4, 0.5) is 27.8 Å². The Kier molecular flexibility index (Phi) is 7.94. The molecule has 6 N–H and O–H groups in total. The van der Waals surface area contributed by atoms with Crippen molar-refractivity contribution in [3.8, 4) is 0 Å². The van der Waals surface area contributed by atoms with Crippen molar-refractivity contribution in [3.63, 3.8) is 0 Å². The molecule has 0 saturated heterocycles. The molecule has 36 heavy (non-hydrogen) atoms. The van der Waals surface area contributed by atoms with Gasteiger partial charge in [0.1, 0.15) is 9.88 Å². The van der Waals surface area contributed by atoms with Crippen molar-refractivity contribution < 1.29 is 4.79 Å². The molecule has 4 aromatic rings. The number of carbonyl (C=O) groups is 1. The minimum atomic E-state index is -0.289. The van der Waals surface area contributed by atoms with Crippen LogP contribution in [0.5, 0.6) is 0 Å². The van der Waals surface area contributed by atoms with Gasteiger partial charge in [0.15, 0.2) is 5.11 Å². The number of nitrogens with one attached hydrogen (secondary N) is 4. The summed E-state index contributed by atoms with van der Waals surface area (Å²) in [4.78, 5) is 13.5. The number of thiophene rings is 1. The molecule has 0 aliphatic carbocycles. The monoisotopic (exact) mass is 514 g/mol. The minimum Gasteiger partial charge on any atom is -0.397 e. The molecular weight excluding hydrogens is 488 g/mol. The van der Waals surface area contributed by atoms with Crippen LogP contribution in [0.3, 0.4) is 0 Å². The highest BCUT2D eigenvalue weighted by Gasteiger charge is 2.23. The first-order chi connectivity index (χ1) is 17.4. The fourth-order valence-corrected chi connectivity index (χ4v) is 4.66. The van der Waals surface area contributed by atoms with Gasteiger partial charge in [-0.25, -0.2) is 0 Å². The number of amides is 1. The largest absolute Gasteiger partial charge is 0.397 e. The van der Waals surface area contributed by atoms with E-state index in [4.69, 9.17) is 18.0 Å². The number of hydrogen-bond donors (Lipinski definition) is 5. The SMILES string of the molecule is C/C(=N/NC(=S)Nc1ccc(C)cc1)c1c(Nc2ccccc2)sc(C(=O)Nc2ccccc2)c1N. The minimum absolute atomic E-state index is 0.289. The van der Waals surface area contributed by atoms with Crippen LogP contribution in [0.25, 0.3) is 0 Å². The number of carbonyl (C=O) groups excluding carboxylic acids is 1. The van der Waals surface area contributed by atoms with Gasteiger partial charge in [-0.05, 0) is 62.5 Å². The van der Waals surface area contributed by atoms with Gasteiger partial charge in [-0.15, -0.1) is 11.3 Å². The van der Waals surface area contributed by atoms with Gasteiger partial charge in [-0.1, -0.05) is 54.1 Å². The molecule has 0 radical (unpaired) electrons. The molecule has 0 aliphatic rings. The summed E-state index contributed by atoms with van der Waals surface area (Å²) >= 11 is 6.66. The molecule has 0 saturated carbocycles. The Morgan fingerprint density at radius 1 is 0.861 bits per heavy atom. The van der Waals surface area contributed by atoms with E-state index in [0.717, 1.165) is 16.9 Å². The number of hydrazone groups is 1. The molecule has 0 unspecified atom stereocenters. The Hall–Kier alpha value is -4.21. The van der Waals surface area contributed by atoms with E-state index < -0.39 is 0 Å². The van der Waals surface area contributed by atoms with E-state index in [1.165, 1.54) is 11.3 Å². The van der Waals surface area contributed by atoms with Crippen LogP contribution in [0, 0.1) is 6.92 Å². The van der Waals surface area contributed by atoms with Crippen molar-refractivity contribution in [2.45, 2.75) is 13.8 Å². The molecule has 182 valence electrons. The Morgan fingerprint density at radius 2 is 1.44 bits per heavy atom. The lowest BCUT2D eigenvalue weighted by molar-refractivity contribution is 0.103. The first-order valence-electron chi connectivity index (χ1n) is 11.2. The Morgan fingerprint density at radius 3 is 2.08 bits per heavy atom. The zero-order valence-electron chi connectivity index (χ0n) is 19.8. The van der Waals surface area contributed by atoms with Gasteiger partial charge in [0.25, 0.3) is 5.91 Å². The summed E-state index contributed by atoms with van der Waals surface area (Å²) in [5.41, 5.74) is 14.5. The van der Waals surface area contributed by atoms with Gasteiger partial charge in [-0.2, -0.15) is 5.10 Å². The number of nitrogen functional groups attached to an aromatic ring is 1. The van der Waals surface area contributed by atoms with Gasteiger partial charge in [0.05, 0.1) is 17.0 Å². The second kappa shape index (κ2) is 11.5. The van der Waals surface area contributed by atoms with E-state index in [0.29, 0.717) is 37.6 Å². The first-order valence-corrected chi connectivity index (χ1v) is 12.4. The molecule has 0 bridgehead atoms. The number of thiocarbonyl (C=S) groups is 1. The molecule has 0 atom stereocenters. The van der Waals surface area contributed by atoms with E-state index in [1.807, 2.05) is 98.8 Å². The number of nitrogens with two attached hydrogens (primary N) is 1. The van der Waals surface area contributed by atoms with E-state index >= 15 is 0 Å². The number of aryl methyl sites for hydroxylation is 1. The average molecular weight is 515 g/mol. The Bertz CT molecular complexity index is 1380. The summed E-state index contributed by atoms with van der Waals surface area (Å²) < 4.78 is 0. The van der Waals surface area contributed by atoms with Crippen molar-refractivity contribution in [1.82, 2.24) is 5.43 Å². The second-order valence-corrected chi connectivity index (χ2v) is 9.42. The van der Waals surface area contributed by atoms with Crippen LogP contribution in [0.15, 0.2) is 90.0 Å². The zero-order valence-corrected chi connectivity index (χ0v) is 21.5. The standard InChI is InChI=1S/C27H26N6OS2/c1-17-13-15-21(16-14-17)31-27(35)33-32-18(2)22-23(28)24(25(34)29-19-9-5-3-6-10-19)36-26(22)30-20-11-7-4-8-12-20/h3-16,30H,28H2,1-2H3,(H,29,34)(H2,31,33,35)/b32-18-. The maximum Gasteiger partial charge on any atom is 0.267 e. The summed E-state index contributed by atoms with van der Waals surface area (Å²) in [5.74, 6) is -0.289. The van der Waals surface area contributed by atoms with Gasteiger partial charge >= 0.3 is 0 Å². The zero-order chi connectivity index (χ0) is 25.5. The third kappa shape index (κ3) is 6.26. The fourth-order valence-electron chi connectivity index (χ4n) is 3.41. The molecular formula is C27H26N6OS2. The van der Waals surface area contributed by atoms with Crippen LogP contribution in [0.1, 0.15) is 27.7 Å². The Labute approximate surface area is 219 Å². The maximum atomic E-state index is 13.1. The highest BCUT2D eigenvalue weighted by atomic mass is 32.1. The van der Waals surface area contributed by atoms with Gasteiger partial charge in [-0.3, -0.25) is 10.2 Å². The molecule has 1 amide bonds. The van der Waals surface area contributed by atoms with Gasteiger partial charge in [0, 0.05) is 17.1 Å². The quantitative estimate of drug-likeness (QED) is 0.112. The van der Waals surface area contributed by atoms with E-state index in [9.17, 15) is 4.79 Å². The number of anilines is 5. The Balaban J connectivity index is 1.59. The van der Waals surface area contributed by atoms with Crippen LogP contribution in [-0.4, -0.2) is 16.7 Å². The smallest absolute Gasteiger partial charge is 0.267 e. The van der Waals surface area contributed by atoms with Gasteiger partial charge < -0.3 is 21.7 Å². The van der Waals surface area contributed by atoms with Crippen LogP contribution in [0.2, 0.25) is 0 Å². The van der Waals surface area contributed by atoms with E-state index in [2.05, 4.69) is 26.5 Å². The molecule has 1 aromatic heterocycles. The van der Waals surface area contributed by atoms with Crippen molar-refractivity contribution in [2.24, 2.45) is 5.10 Å². The van der Waals surface area contributed by atoms with E-state index in [1.54, 1.807) is 0 Å². The molecule has 0 spiro atoms. The summed E-state index contributed by atoms with van der Waals surface area (Å²) in [6.07, 6.45) is 0. The predicted octanol–water partition coefficient (Wildman–Crippen LogP) is 6.35. The number of nitrogens with zero attached hydrogens (tertiary/aromatic N) is 1. The van der Waals surface area contributed by atoms with Crippen molar-refractivity contribution in [3.05, 3.63) is 101 Å². The second-order valence-electron chi connectivity index (χ2n) is 7.99. The van der Waals surface area contributed by atoms with Crippen LogP contribution < -0.4 is 27.1 Å². The normalized spacial score (nSPS) is 11.0. The maximum absolute atomic E-state index is 13.1. The predicted molar refractivity (Wildman–Crippen MR) is 156 cm³/mol.